The van der Waals surface area contributed by atoms with E-state index in [1.165, 1.54) is 0 Å². The molecule has 0 fully saturated rings. The first-order valence-corrected chi connectivity index (χ1v) is 7.09. The van der Waals surface area contributed by atoms with Crippen molar-refractivity contribution in [3.05, 3.63) is 22.7 Å². The summed E-state index contributed by atoms with van der Waals surface area (Å²) in [6.07, 6.45) is 0.726. The van der Waals surface area contributed by atoms with Crippen molar-refractivity contribution in [2.75, 3.05) is 24.7 Å². The van der Waals surface area contributed by atoms with Gasteiger partial charge >= 0.3 is 0 Å². The summed E-state index contributed by atoms with van der Waals surface area (Å²) >= 11 is 7.79. The van der Waals surface area contributed by atoms with Crippen LogP contribution < -0.4 is 10.6 Å². The molecule has 1 unspecified atom stereocenters. The van der Waals surface area contributed by atoms with Crippen molar-refractivity contribution in [3.63, 3.8) is 0 Å². The molecule has 4 nitrogen and oxygen atoms in total. The van der Waals surface area contributed by atoms with Crippen LogP contribution in [-0.2, 0) is 4.79 Å². The number of carbonyl (C=O) groups is 1. The van der Waals surface area contributed by atoms with Crippen molar-refractivity contribution in [2.45, 2.75) is 17.4 Å². The number of anilines is 1. The highest BCUT2D eigenvalue weighted by Crippen LogP contribution is 2.38. The first-order valence-electron chi connectivity index (χ1n) is 5.72. The number of thioether (sulfide) groups is 1. The molecular formula is C12H15ClN2O2S. The normalized spacial score (nSPS) is 17.7. The fourth-order valence-electron chi connectivity index (χ4n) is 1.91. The van der Waals surface area contributed by atoms with Gasteiger partial charge in [-0.25, -0.2) is 0 Å². The van der Waals surface area contributed by atoms with Gasteiger partial charge in [0, 0.05) is 28.5 Å². The maximum Gasteiger partial charge on any atom is 0.246 e. The third-order valence-electron chi connectivity index (χ3n) is 2.78. The van der Waals surface area contributed by atoms with Gasteiger partial charge in [0.25, 0.3) is 0 Å². The summed E-state index contributed by atoms with van der Waals surface area (Å²) in [5.41, 5.74) is 1.70. The van der Waals surface area contributed by atoms with E-state index in [4.69, 9.17) is 16.7 Å². The summed E-state index contributed by atoms with van der Waals surface area (Å²) in [7, 11) is 1.75. The van der Waals surface area contributed by atoms with Gasteiger partial charge in [0.1, 0.15) is 6.04 Å². The van der Waals surface area contributed by atoms with Gasteiger partial charge in [0.2, 0.25) is 5.91 Å². The number of benzene rings is 1. The Hall–Kier alpha value is -0.750. The number of halogens is 1. The van der Waals surface area contributed by atoms with Crippen LogP contribution in [0.25, 0.3) is 0 Å². The Morgan fingerprint density at radius 3 is 3.00 bits per heavy atom. The Morgan fingerprint density at radius 2 is 2.33 bits per heavy atom. The van der Waals surface area contributed by atoms with Gasteiger partial charge in [-0.05, 0) is 25.6 Å². The van der Waals surface area contributed by atoms with E-state index in [0.29, 0.717) is 5.02 Å². The zero-order valence-corrected chi connectivity index (χ0v) is 11.6. The Balaban J connectivity index is 2.22. The molecule has 3 N–H and O–H groups in total. The largest absolute Gasteiger partial charge is 0.396 e. The lowest BCUT2D eigenvalue weighted by molar-refractivity contribution is -0.117. The highest BCUT2D eigenvalue weighted by molar-refractivity contribution is 7.99. The predicted molar refractivity (Wildman–Crippen MR) is 74.3 cm³/mol. The number of nitrogens with one attached hydrogen (secondary N) is 2. The summed E-state index contributed by atoms with van der Waals surface area (Å²) in [6.45, 7) is 0.175. The zero-order chi connectivity index (χ0) is 13.1. The third kappa shape index (κ3) is 2.64. The molecule has 98 valence electrons. The van der Waals surface area contributed by atoms with Gasteiger partial charge in [0.05, 0.1) is 5.02 Å². The van der Waals surface area contributed by atoms with E-state index in [9.17, 15) is 4.79 Å². The van der Waals surface area contributed by atoms with E-state index in [0.717, 1.165) is 28.3 Å². The fraction of sp³-hybridized carbons (Fsp3) is 0.417. The van der Waals surface area contributed by atoms with Crippen LogP contribution in [0.15, 0.2) is 17.0 Å². The minimum absolute atomic E-state index is 0.0546. The molecule has 18 heavy (non-hydrogen) atoms. The minimum atomic E-state index is -0.325. The number of rotatable bonds is 5. The van der Waals surface area contributed by atoms with Gasteiger partial charge in [-0.3, -0.25) is 4.79 Å². The van der Waals surface area contributed by atoms with E-state index in [1.54, 1.807) is 18.8 Å². The molecular weight excluding hydrogens is 272 g/mol. The van der Waals surface area contributed by atoms with Crippen molar-refractivity contribution in [1.82, 2.24) is 5.32 Å². The molecule has 1 atom stereocenters. The zero-order valence-electron chi connectivity index (χ0n) is 10.00. The second-order valence-electron chi connectivity index (χ2n) is 4.01. The van der Waals surface area contributed by atoms with E-state index >= 15 is 0 Å². The number of aliphatic hydroxyl groups excluding tert-OH is 1. The van der Waals surface area contributed by atoms with Gasteiger partial charge in [-0.15, -0.1) is 11.8 Å². The highest BCUT2D eigenvalue weighted by Gasteiger charge is 2.30. The van der Waals surface area contributed by atoms with Crippen LogP contribution in [0.1, 0.15) is 18.0 Å². The van der Waals surface area contributed by atoms with Crippen LogP contribution in [-0.4, -0.2) is 30.4 Å². The number of amides is 1. The first kappa shape index (κ1) is 13.7. The maximum atomic E-state index is 11.7. The van der Waals surface area contributed by atoms with Crippen molar-refractivity contribution >= 4 is 35.0 Å². The average Bonchev–Trinajstić information content (AvgIpc) is 2.64. The lowest BCUT2D eigenvalue weighted by Gasteiger charge is -2.09. The van der Waals surface area contributed by atoms with Crippen molar-refractivity contribution in [3.8, 4) is 0 Å². The van der Waals surface area contributed by atoms with Crippen LogP contribution in [0.5, 0.6) is 0 Å². The quantitative estimate of drug-likeness (QED) is 0.572. The Morgan fingerprint density at radius 1 is 1.56 bits per heavy atom. The number of hydrogen-bond acceptors (Lipinski definition) is 4. The SMILES string of the molecule is CNC1C(=O)Nc2cc(SCCCO)c(Cl)cc21. The molecule has 0 bridgehead atoms. The standard InChI is InChI=1S/C12H15ClN2O2S/c1-14-11-7-5-8(13)10(18-4-2-3-16)6-9(7)15-12(11)17/h5-6,11,14,16H,2-4H2,1H3,(H,15,17). The summed E-state index contributed by atoms with van der Waals surface area (Å²) in [6, 6.07) is 3.40. The van der Waals surface area contributed by atoms with Crippen LogP contribution >= 0.6 is 23.4 Å². The van der Waals surface area contributed by atoms with Crippen molar-refractivity contribution < 1.29 is 9.90 Å². The molecule has 0 saturated heterocycles. The van der Waals surface area contributed by atoms with E-state index in [2.05, 4.69) is 10.6 Å². The molecule has 6 heteroatoms. The van der Waals surface area contributed by atoms with Crippen molar-refractivity contribution in [2.24, 2.45) is 0 Å². The topological polar surface area (TPSA) is 61.4 Å². The average molecular weight is 287 g/mol. The van der Waals surface area contributed by atoms with Gasteiger partial charge < -0.3 is 15.7 Å². The molecule has 0 aromatic heterocycles. The van der Waals surface area contributed by atoms with E-state index in [1.807, 2.05) is 12.1 Å². The number of fused-ring (bicyclic) bond motifs is 1. The molecule has 1 aliphatic rings. The molecule has 0 radical (unpaired) electrons. The lowest BCUT2D eigenvalue weighted by Crippen LogP contribution is -2.23. The molecule has 0 spiro atoms. The van der Waals surface area contributed by atoms with E-state index < -0.39 is 0 Å². The van der Waals surface area contributed by atoms with Gasteiger partial charge in [0.15, 0.2) is 0 Å². The Bertz CT molecular complexity index is 468. The monoisotopic (exact) mass is 286 g/mol. The molecule has 1 heterocycles. The number of hydrogen-bond donors (Lipinski definition) is 3. The molecule has 1 aromatic rings. The maximum absolute atomic E-state index is 11.7. The minimum Gasteiger partial charge on any atom is -0.396 e. The van der Waals surface area contributed by atoms with Crippen molar-refractivity contribution in [1.29, 1.82) is 0 Å². The summed E-state index contributed by atoms with van der Waals surface area (Å²) in [4.78, 5) is 12.6. The Kier molecular flexibility index (Phi) is 4.50. The molecule has 1 aliphatic heterocycles. The predicted octanol–water partition coefficient (Wildman–Crippen LogP) is 2.03. The summed E-state index contributed by atoms with van der Waals surface area (Å²) < 4.78 is 0. The van der Waals surface area contributed by atoms with E-state index in [-0.39, 0.29) is 18.6 Å². The molecule has 1 amide bonds. The molecule has 0 saturated carbocycles. The van der Waals surface area contributed by atoms with Crippen LogP contribution in [0.2, 0.25) is 5.02 Å². The number of likely N-dealkylation sites (N-methyl/N-ethyl adjacent to an activating group) is 1. The summed E-state index contributed by atoms with van der Waals surface area (Å²) in [5, 5.41) is 15.2. The lowest BCUT2D eigenvalue weighted by atomic mass is 10.1. The van der Waals surface area contributed by atoms with Gasteiger partial charge in [-0.2, -0.15) is 0 Å². The molecule has 0 aliphatic carbocycles. The number of carbonyl (C=O) groups excluding carboxylic acids is 1. The summed E-state index contributed by atoms with van der Waals surface area (Å²) in [5.74, 6) is 0.749. The van der Waals surface area contributed by atoms with Crippen LogP contribution in [0.4, 0.5) is 5.69 Å². The van der Waals surface area contributed by atoms with Crippen LogP contribution in [0.3, 0.4) is 0 Å². The smallest absolute Gasteiger partial charge is 0.246 e. The fourth-order valence-corrected chi connectivity index (χ4v) is 3.13. The second kappa shape index (κ2) is 5.93. The molecule has 1 aromatic carbocycles. The van der Waals surface area contributed by atoms with Gasteiger partial charge in [-0.1, -0.05) is 11.6 Å². The van der Waals surface area contributed by atoms with Crippen LogP contribution in [0, 0.1) is 0 Å². The second-order valence-corrected chi connectivity index (χ2v) is 5.55. The Labute approximate surface area is 115 Å². The third-order valence-corrected chi connectivity index (χ3v) is 4.35. The number of aliphatic hydroxyl groups is 1. The molecule has 2 rings (SSSR count). The first-order chi connectivity index (χ1) is 8.67. The highest BCUT2D eigenvalue weighted by atomic mass is 35.5.